The van der Waals surface area contributed by atoms with Crippen molar-refractivity contribution in [2.45, 2.75) is 32.8 Å². The third kappa shape index (κ3) is 4.13. The third-order valence-electron chi connectivity index (χ3n) is 1.79. The van der Waals surface area contributed by atoms with Gasteiger partial charge in [0.15, 0.2) is 0 Å². The van der Waals surface area contributed by atoms with Gasteiger partial charge in [0.1, 0.15) is 0 Å². The van der Waals surface area contributed by atoms with Gasteiger partial charge in [0.2, 0.25) is 0 Å². The highest BCUT2D eigenvalue weighted by molar-refractivity contribution is 5.85. The first-order valence-electron chi connectivity index (χ1n) is 3.94. The smallest absolute Gasteiger partial charge is 0.333 e. The molecule has 0 fully saturated rings. The first kappa shape index (κ1) is 11.2. The van der Waals surface area contributed by atoms with Crippen LogP contribution in [0.1, 0.15) is 27.2 Å². The SMILES string of the molecule is C=C(COC(C)(C)CC)C(=O)O. The first-order valence-corrected chi connectivity index (χ1v) is 3.94. The van der Waals surface area contributed by atoms with E-state index in [0.29, 0.717) is 0 Å². The summed E-state index contributed by atoms with van der Waals surface area (Å²) in [5.74, 6) is -0.998. The van der Waals surface area contributed by atoms with E-state index in [4.69, 9.17) is 9.84 Å². The normalized spacial score (nSPS) is 11.2. The lowest BCUT2D eigenvalue weighted by Crippen LogP contribution is -2.25. The van der Waals surface area contributed by atoms with Crippen molar-refractivity contribution in [2.75, 3.05) is 6.61 Å². The second-order valence-corrected chi connectivity index (χ2v) is 3.31. The second-order valence-electron chi connectivity index (χ2n) is 3.31. The molecule has 0 rings (SSSR count). The standard InChI is InChI=1S/C9H16O3/c1-5-9(3,4)12-6-7(2)8(10)11/h2,5-6H2,1,3-4H3,(H,10,11). The zero-order valence-electron chi connectivity index (χ0n) is 7.89. The van der Waals surface area contributed by atoms with Crippen molar-refractivity contribution in [3.05, 3.63) is 12.2 Å². The highest BCUT2D eigenvalue weighted by Crippen LogP contribution is 2.14. The average molecular weight is 172 g/mol. The summed E-state index contributed by atoms with van der Waals surface area (Å²) >= 11 is 0. The van der Waals surface area contributed by atoms with Crippen molar-refractivity contribution in [3.63, 3.8) is 0 Å². The molecule has 0 aliphatic carbocycles. The Balaban J connectivity index is 3.83. The van der Waals surface area contributed by atoms with Gasteiger partial charge in [-0.25, -0.2) is 4.79 Å². The predicted molar refractivity (Wildman–Crippen MR) is 47.1 cm³/mol. The fraction of sp³-hybridized carbons (Fsp3) is 0.667. The van der Waals surface area contributed by atoms with Crippen LogP contribution in [0.15, 0.2) is 12.2 Å². The summed E-state index contributed by atoms with van der Waals surface area (Å²) in [6, 6.07) is 0. The molecule has 0 aromatic carbocycles. The molecule has 0 bridgehead atoms. The lowest BCUT2D eigenvalue weighted by molar-refractivity contribution is -0.133. The van der Waals surface area contributed by atoms with Crippen molar-refractivity contribution in [3.8, 4) is 0 Å². The Morgan fingerprint density at radius 1 is 1.58 bits per heavy atom. The van der Waals surface area contributed by atoms with Crippen LogP contribution in [-0.4, -0.2) is 23.3 Å². The number of aliphatic carboxylic acids is 1. The summed E-state index contributed by atoms with van der Waals surface area (Å²) in [6.07, 6.45) is 0.847. The van der Waals surface area contributed by atoms with Crippen LogP contribution in [0.25, 0.3) is 0 Å². The molecule has 0 radical (unpaired) electrons. The highest BCUT2D eigenvalue weighted by atomic mass is 16.5. The fourth-order valence-electron chi connectivity index (χ4n) is 0.446. The van der Waals surface area contributed by atoms with Crippen molar-refractivity contribution >= 4 is 5.97 Å². The van der Waals surface area contributed by atoms with Crippen molar-refractivity contribution in [1.82, 2.24) is 0 Å². The molecule has 0 aromatic heterocycles. The van der Waals surface area contributed by atoms with Crippen LogP contribution in [0.3, 0.4) is 0 Å². The maximum absolute atomic E-state index is 10.3. The molecule has 12 heavy (non-hydrogen) atoms. The van der Waals surface area contributed by atoms with Gasteiger partial charge < -0.3 is 9.84 Å². The van der Waals surface area contributed by atoms with Crippen molar-refractivity contribution in [2.24, 2.45) is 0 Å². The van der Waals surface area contributed by atoms with Crippen molar-refractivity contribution < 1.29 is 14.6 Å². The number of carbonyl (C=O) groups is 1. The first-order chi connectivity index (χ1) is 5.39. The van der Waals surface area contributed by atoms with E-state index in [9.17, 15) is 4.79 Å². The molecule has 0 aliphatic rings. The summed E-state index contributed by atoms with van der Waals surface area (Å²) in [5.41, 5.74) is -0.171. The quantitative estimate of drug-likeness (QED) is 0.643. The van der Waals surface area contributed by atoms with E-state index in [1.54, 1.807) is 0 Å². The van der Waals surface area contributed by atoms with E-state index in [-0.39, 0.29) is 17.8 Å². The van der Waals surface area contributed by atoms with Gasteiger partial charge in [-0.3, -0.25) is 0 Å². The van der Waals surface area contributed by atoms with Crippen LogP contribution < -0.4 is 0 Å². The molecule has 0 aliphatic heterocycles. The minimum Gasteiger partial charge on any atom is -0.478 e. The Labute approximate surface area is 73.0 Å². The van der Waals surface area contributed by atoms with Gasteiger partial charge in [0.05, 0.1) is 17.8 Å². The molecule has 0 saturated carbocycles. The molecule has 70 valence electrons. The maximum atomic E-state index is 10.3. The van der Waals surface area contributed by atoms with E-state index in [1.165, 1.54) is 0 Å². The molecule has 0 amide bonds. The molecule has 0 atom stereocenters. The van der Waals surface area contributed by atoms with Gasteiger partial charge in [0.25, 0.3) is 0 Å². The maximum Gasteiger partial charge on any atom is 0.333 e. The largest absolute Gasteiger partial charge is 0.478 e. The summed E-state index contributed by atoms with van der Waals surface area (Å²) in [7, 11) is 0. The van der Waals surface area contributed by atoms with Gasteiger partial charge in [-0.1, -0.05) is 13.5 Å². The van der Waals surface area contributed by atoms with Crippen LogP contribution in [0.2, 0.25) is 0 Å². The minimum atomic E-state index is -0.998. The second kappa shape index (κ2) is 4.26. The molecule has 0 spiro atoms. The van der Waals surface area contributed by atoms with Crippen LogP contribution >= 0.6 is 0 Å². The Kier molecular flexibility index (Phi) is 3.96. The summed E-state index contributed by atoms with van der Waals surface area (Å²) in [4.78, 5) is 10.3. The summed E-state index contributed by atoms with van der Waals surface area (Å²) in [6.45, 7) is 9.29. The van der Waals surface area contributed by atoms with Crippen LogP contribution in [0.5, 0.6) is 0 Å². The average Bonchev–Trinajstić information content (AvgIpc) is 2.00. The molecular weight excluding hydrogens is 156 g/mol. The van der Waals surface area contributed by atoms with E-state index in [1.807, 2.05) is 20.8 Å². The number of ether oxygens (including phenoxy) is 1. The Morgan fingerprint density at radius 2 is 2.08 bits per heavy atom. The lowest BCUT2D eigenvalue weighted by atomic mass is 10.1. The molecule has 0 aromatic rings. The van der Waals surface area contributed by atoms with Crippen molar-refractivity contribution in [1.29, 1.82) is 0 Å². The third-order valence-corrected chi connectivity index (χ3v) is 1.79. The number of carboxylic acid groups (broad SMARTS) is 1. The van der Waals surface area contributed by atoms with Crippen LogP contribution in [0.4, 0.5) is 0 Å². The minimum absolute atomic E-state index is 0.0934. The van der Waals surface area contributed by atoms with Gasteiger partial charge in [0, 0.05) is 0 Å². The molecule has 1 N–H and O–H groups in total. The summed E-state index contributed by atoms with van der Waals surface area (Å²) in [5, 5.41) is 8.47. The molecule has 0 saturated heterocycles. The van der Waals surface area contributed by atoms with Crippen LogP contribution in [0, 0.1) is 0 Å². The molecular formula is C9H16O3. The molecule has 3 nitrogen and oxygen atoms in total. The number of hydrogen-bond acceptors (Lipinski definition) is 2. The Bertz CT molecular complexity index is 182. The number of hydrogen-bond donors (Lipinski definition) is 1. The molecule has 0 unspecified atom stereocenters. The topological polar surface area (TPSA) is 46.5 Å². The zero-order chi connectivity index (χ0) is 9.78. The van der Waals surface area contributed by atoms with E-state index < -0.39 is 5.97 Å². The monoisotopic (exact) mass is 172 g/mol. The number of carboxylic acids is 1. The summed E-state index contributed by atoms with van der Waals surface area (Å²) < 4.78 is 5.32. The van der Waals surface area contributed by atoms with E-state index in [0.717, 1.165) is 6.42 Å². The Hall–Kier alpha value is -0.830. The van der Waals surface area contributed by atoms with Gasteiger partial charge in [-0.2, -0.15) is 0 Å². The highest BCUT2D eigenvalue weighted by Gasteiger charge is 2.16. The van der Waals surface area contributed by atoms with Gasteiger partial charge in [-0.05, 0) is 20.3 Å². The Morgan fingerprint density at radius 3 is 2.42 bits per heavy atom. The predicted octanol–water partition coefficient (Wildman–Crippen LogP) is 1.83. The number of rotatable bonds is 5. The molecule has 3 heteroatoms. The lowest BCUT2D eigenvalue weighted by Gasteiger charge is -2.23. The zero-order valence-corrected chi connectivity index (χ0v) is 7.89. The van der Waals surface area contributed by atoms with Gasteiger partial charge >= 0.3 is 5.97 Å². The van der Waals surface area contributed by atoms with Gasteiger partial charge in [-0.15, -0.1) is 0 Å². The fourth-order valence-corrected chi connectivity index (χ4v) is 0.446. The van der Waals surface area contributed by atoms with Crippen LogP contribution in [-0.2, 0) is 9.53 Å². The van der Waals surface area contributed by atoms with E-state index >= 15 is 0 Å². The molecule has 0 heterocycles. The van der Waals surface area contributed by atoms with E-state index in [2.05, 4.69) is 6.58 Å².